The van der Waals surface area contributed by atoms with Gasteiger partial charge in [-0.25, -0.2) is 4.79 Å². The Morgan fingerprint density at radius 2 is 1.44 bits per heavy atom. The second kappa shape index (κ2) is 14.2. The zero-order chi connectivity index (χ0) is 29.9. The van der Waals surface area contributed by atoms with Gasteiger partial charge in [-0.05, 0) is 66.2 Å². The molecule has 0 radical (unpaired) electrons. The summed E-state index contributed by atoms with van der Waals surface area (Å²) in [6.07, 6.45) is -5.51. The van der Waals surface area contributed by atoms with Gasteiger partial charge in [0.15, 0.2) is 0 Å². The molecule has 0 spiro atoms. The van der Waals surface area contributed by atoms with Crippen LogP contribution in [-0.4, -0.2) is 45.2 Å². The molecule has 3 aromatic rings. The van der Waals surface area contributed by atoms with Crippen LogP contribution in [0.3, 0.4) is 0 Å². The topological polar surface area (TPSA) is 115 Å². The van der Waals surface area contributed by atoms with Gasteiger partial charge in [0.25, 0.3) is 0 Å². The summed E-state index contributed by atoms with van der Waals surface area (Å²) in [6.45, 7) is -1.86. The minimum Gasteiger partial charge on any atom is -0.491 e. The standard InChI is InChI=1S/C28H27F5N2O6/c29-27(30,31)18-37-13-14-38-22-9-4-20(5-10-22)28(32,33)41-23-7-1-19(2-8-23)3-12-26(36)40-16-15-39-25-11-6-21(34)17-24(25)35/h1-12,17H,13-16,18,34-35H2/b12-3+. The highest BCUT2D eigenvalue weighted by atomic mass is 19.4. The average Bonchev–Trinajstić information content (AvgIpc) is 2.91. The first-order valence-corrected chi connectivity index (χ1v) is 12.1. The lowest BCUT2D eigenvalue weighted by Crippen LogP contribution is -2.21. The van der Waals surface area contributed by atoms with Crippen molar-refractivity contribution >= 4 is 23.4 Å². The normalized spacial score (nSPS) is 11.8. The number of carbonyl (C=O) groups excluding carboxylic acids is 1. The highest BCUT2D eigenvalue weighted by Crippen LogP contribution is 2.32. The molecule has 0 bridgehead atoms. The van der Waals surface area contributed by atoms with Crippen LogP contribution in [-0.2, 0) is 20.4 Å². The third-order valence-electron chi connectivity index (χ3n) is 5.11. The number of nitrogens with two attached hydrogens (primary N) is 2. The summed E-state index contributed by atoms with van der Waals surface area (Å²) in [5, 5.41) is 0. The van der Waals surface area contributed by atoms with Crippen molar-refractivity contribution in [3.63, 3.8) is 0 Å². The van der Waals surface area contributed by atoms with Gasteiger partial charge in [0.2, 0.25) is 0 Å². The molecule has 8 nitrogen and oxygen atoms in total. The molecule has 0 heterocycles. The SMILES string of the molecule is Nc1ccc(OCCOC(=O)/C=C/c2ccc(OC(F)(F)c3ccc(OCCOCC(F)(F)F)cc3)cc2)c(N)c1. The first kappa shape index (κ1) is 31.0. The van der Waals surface area contributed by atoms with Gasteiger partial charge in [0.05, 0.1) is 17.9 Å². The molecule has 0 aliphatic rings. The minimum absolute atomic E-state index is 0.0294. The number of halogens is 5. The van der Waals surface area contributed by atoms with Crippen LogP contribution in [0.15, 0.2) is 72.8 Å². The van der Waals surface area contributed by atoms with Gasteiger partial charge in [0, 0.05) is 11.8 Å². The van der Waals surface area contributed by atoms with E-state index in [1.165, 1.54) is 48.6 Å². The van der Waals surface area contributed by atoms with Gasteiger partial charge in [-0.1, -0.05) is 12.1 Å². The molecule has 0 aliphatic heterocycles. The average molecular weight is 583 g/mol. The molecule has 4 N–H and O–H groups in total. The van der Waals surface area contributed by atoms with Crippen molar-refractivity contribution in [1.29, 1.82) is 0 Å². The number of benzene rings is 3. The van der Waals surface area contributed by atoms with Crippen molar-refractivity contribution in [2.45, 2.75) is 12.3 Å². The van der Waals surface area contributed by atoms with Crippen LogP contribution in [0, 0.1) is 0 Å². The monoisotopic (exact) mass is 582 g/mol. The van der Waals surface area contributed by atoms with E-state index in [1.54, 1.807) is 18.2 Å². The molecule has 0 aromatic heterocycles. The Labute approximate surface area is 232 Å². The molecular formula is C28H27F5N2O6. The van der Waals surface area contributed by atoms with E-state index < -0.39 is 30.4 Å². The van der Waals surface area contributed by atoms with Crippen LogP contribution in [0.25, 0.3) is 6.08 Å². The Hall–Kier alpha value is -4.52. The number of nitrogen functional groups attached to an aromatic ring is 2. The Morgan fingerprint density at radius 1 is 0.780 bits per heavy atom. The van der Waals surface area contributed by atoms with E-state index in [0.717, 1.165) is 12.1 Å². The number of alkyl halides is 5. The Bertz CT molecular complexity index is 1300. The third kappa shape index (κ3) is 10.9. The van der Waals surface area contributed by atoms with Crippen molar-refractivity contribution in [2.24, 2.45) is 0 Å². The maximum absolute atomic E-state index is 14.6. The predicted octanol–water partition coefficient (Wildman–Crippen LogP) is 5.57. The van der Waals surface area contributed by atoms with Crippen LogP contribution in [0.4, 0.5) is 33.3 Å². The van der Waals surface area contributed by atoms with Crippen LogP contribution >= 0.6 is 0 Å². The van der Waals surface area contributed by atoms with Crippen molar-refractivity contribution in [3.8, 4) is 17.2 Å². The fraction of sp³-hybridized carbons (Fsp3) is 0.250. The number of hydrogen-bond donors (Lipinski definition) is 2. The van der Waals surface area contributed by atoms with Gasteiger partial charge >= 0.3 is 18.3 Å². The molecule has 0 aliphatic carbocycles. The number of hydrogen-bond acceptors (Lipinski definition) is 8. The zero-order valence-corrected chi connectivity index (χ0v) is 21.5. The quantitative estimate of drug-likeness (QED) is 0.0834. The number of ether oxygens (including phenoxy) is 5. The lowest BCUT2D eigenvalue weighted by Gasteiger charge is -2.18. The Kier molecular flexibility index (Phi) is 10.8. The molecule has 0 amide bonds. The van der Waals surface area contributed by atoms with Crippen molar-refractivity contribution in [3.05, 3.63) is 83.9 Å². The number of rotatable bonds is 14. The molecular weight excluding hydrogens is 555 g/mol. The second-order valence-corrected chi connectivity index (χ2v) is 8.38. The van der Waals surface area contributed by atoms with Gasteiger partial charge in [-0.15, -0.1) is 0 Å². The highest BCUT2D eigenvalue weighted by molar-refractivity contribution is 5.87. The van der Waals surface area contributed by atoms with E-state index in [1.807, 2.05) is 0 Å². The summed E-state index contributed by atoms with van der Waals surface area (Å²) in [5.41, 5.74) is 12.3. The number of anilines is 2. The van der Waals surface area contributed by atoms with Crippen LogP contribution in [0.5, 0.6) is 17.2 Å². The summed E-state index contributed by atoms with van der Waals surface area (Å²) in [7, 11) is 0. The molecule has 3 rings (SSSR count). The van der Waals surface area contributed by atoms with Crippen molar-refractivity contribution in [2.75, 3.05) is 44.5 Å². The maximum Gasteiger partial charge on any atom is 0.426 e. The van der Waals surface area contributed by atoms with Crippen molar-refractivity contribution < 1.29 is 50.4 Å². The lowest BCUT2D eigenvalue weighted by atomic mass is 10.2. The molecule has 220 valence electrons. The van der Waals surface area contributed by atoms with Gasteiger partial charge in [-0.3, -0.25) is 0 Å². The highest BCUT2D eigenvalue weighted by Gasteiger charge is 2.34. The maximum atomic E-state index is 14.6. The molecule has 0 saturated carbocycles. The smallest absolute Gasteiger partial charge is 0.426 e. The van der Waals surface area contributed by atoms with E-state index in [0.29, 0.717) is 22.7 Å². The van der Waals surface area contributed by atoms with Crippen LogP contribution in [0.2, 0.25) is 0 Å². The first-order valence-electron chi connectivity index (χ1n) is 12.1. The van der Waals surface area contributed by atoms with Gasteiger partial charge in [0.1, 0.15) is 43.7 Å². The Balaban J connectivity index is 1.41. The predicted molar refractivity (Wildman–Crippen MR) is 141 cm³/mol. The molecule has 0 atom stereocenters. The number of esters is 1. The van der Waals surface area contributed by atoms with E-state index >= 15 is 0 Å². The van der Waals surface area contributed by atoms with Crippen LogP contribution < -0.4 is 25.7 Å². The molecule has 41 heavy (non-hydrogen) atoms. The molecule has 13 heteroatoms. The summed E-state index contributed by atoms with van der Waals surface area (Å²) in [5.74, 6) is -0.173. The molecule has 0 unspecified atom stereocenters. The molecule has 3 aromatic carbocycles. The second-order valence-electron chi connectivity index (χ2n) is 8.38. The summed E-state index contributed by atoms with van der Waals surface area (Å²) in [6, 6.07) is 15.0. The fourth-order valence-electron chi connectivity index (χ4n) is 3.21. The third-order valence-corrected chi connectivity index (χ3v) is 5.11. The lowest BCUT2D eigenvalue weighted by molar-refractivity contribution is -0.185. The Morgan fingerprint density at radius 3 is 2.10 bits per heavy atom. The zero-order valence-electron chi connectivity index (χ0n) is 21.5. The summed E-state index contributed by atoms with van der Waals surface area (Å²) < 4.78 is 90.2. The minimum atomic E-state index is -4.44. The largest absolute Gasteiger partial charge is 0.491 e. The summed E-state index contributed by atoms with van der Waals surface area (Å²) >= 11 is 0. The van der Waals surface area contributed by atoms with Gasteiger partial charge in [-0.2, -0.15) is 22.0 Å². The van der Waals surface area contributed by atoms with E-state index in [2.05, 4.69) is 4.74 Å². The summed E-state index contributed by atoms with van der Waals surface area (Å²) in [4.78, 5) is 11.9. The van der Waals surface area contributed by atoms with E-state index in [-0.39, 0.29) is 37.9 Å². The van der Waals surface area contributed by atoms with Gasteiger partial charge < -0.3 is 35.2 Å². The number of carbonyl (C=O) groups is 1. The first-order chi connectivity index (χ1) is 19.4. The van der Waals surface area contributed by atoms with E-state index in [4.69, 9.17) is 30.4 Å². The molecule has 0 saturated heterocycles. The van der Waals surface area contributed by atoms with E-state index in [9.17, 15) is 26.7 Å². The molecule has 0 fully saturated rings. The van der Waals surface area contributed by atoms with Crippen molar-refractivity contribution in [1.82, 2.24) is 0 Å². The fourth-order valence-corrected chi connectivity index (χ4v) is 3.21. The van der Waals surface area contributed by atoms with Crippen LogP contribution in [0.1, 0.15) is 11.1 Å².